The molecule has 0 atom stereocenters. The molecule has 0 unspecified atom stereocenters. The minimum Gasteiger partial charge on any atom is -0.368 e. The van der Waals surface area contributed by atoms with Gasteiger partial charge in [-0.05, 0) is 29.8 Å². The lowest BCUT2D eigenvalue weighted by Gasteiger charge is -2.12. The predicted molar refractivity (Wildman–Crippen MR) is 98.2 cm³/mol. The summed E-state index contributed by atoms with van der Waals surface area (Å²) in [5.41, 5.74) is 4.05. The van der Waals surface area contributed by atoms with E-state index in [1.807, 2.05) is 0 Å². The van der Waals surface area contributed by atoms with Gasteiger partial charge in [0.05, 0.1) is 4.90 Å². The molecule has 0 aliphatic rings. The van der Waals surface area contributed by atoms with Crippen LogP contribution in [-0.4, -0.2) is 35.3 Å². The molecule has 11 heteroatoms. The van der Waals surface area contributed by atoms with Crippen molar-refractivity contribution in [3.05, 3.63) is 54.5 Å². The first-order valence-corrected chi connectivity index (χ1v) is 10.0. The molecule has 0 saturated heterocycles. The molecule has 0 radical (unpaired) electrons. The summed E-state index contributed by atoms with van der Waals surface area (Å²) in [6.07, 6.45) is -1.06. The second-order valence-corrected chi connectivity index (χ2v) is 8.24. The van der Waals surface area contributed by atoms with E-state index in [-0.39, 0.29) is 21.7 Å². The average molecular weight is 424 g/mol. The fourth-order valence-electron chi connectivity index (χ4n) is 2.87. The smallest absolute Gasteiger partial charge is 0.368 e. The number of carbonyl (C=O) groups is 1. The van der Waals surface area contributed by atoms with Crippen LogP contribution >= 0.6 is 0 Å². The van der Waals surface area contributed by atoms with Crippen LogP contribution < -0.4 is 5.73 Å². The highest BCUT2D eigenvalue weighted by molar-refractivity contribution is 7.90. The van der Waals surface area contributed by atoms with E-state index in [9.17, 15) is 26.4 Å². The van der Waals surface area contributed by atoms with Crippen molar-refractivity contribution in [2.45, 2.75) is 17.6 Å². The lowest BCUT2D eigenvalue weighted by molar-refractivity contribution is -0.144. The van der Waals surface area contributed by atoms with Crippen LogP contribution in [-0.2, 0) is 27.4 Å². The van der Waals surface area contributed by atoms with Crippen LogP contribution in [0.4, 0.5) is 13.2 Å². The average Bonchev–Trinajstić information content (AvgIpc) is 3.00. The number of pyridine rings is 1. The van der Waals surface area contributed by atoms with Gasteiger partial charge in [0, 0.05) is 29.8 Å². The predicted octanol–water partition coefficient (Wildman–Crippen LogP) is 2.52. The van der Waals surface area contributed by atoms with Gasteiger partial charge < -0.3 is 5.73 Å². The van der Waals surface area contributed by atoms with Gasteiger partial charge >= 0.3 is 6.18 Å². The van der Waals surface area contributed by atoms with Gasteiger partial charge in [-0.1, -0.05) is 12.1 Å². The quantitative estimate of drug-likeness (QED) is 0.677. The highest BCUT2D eigenvalue weighted by atomic mass is 32.2. The maximum atomic E-state index is 13.9. The standard InChI is InChI=1S/C18H15F3N4O3S/c1-29(27,28)13-4-2-11(3-5-13)15-16(12-6-8-23-9-7-12)24-25(10-14(22)26)17(15)18(19,20)21/h2-9H,10H2,1H3,(H2,22,26). The van der Waals surface area contributed by atoms with Gasteiger partial charge in [0.15, 0.2) is 15.5 Å². The zero-order valence-corrected chi connectivity index (χ0v) is 15.8. The summed E-state index contributed by atoms with van der Waals surface area (Å²) in [7, 11) is -3.53. The van der Waals surface area contributed by atoms with Crippen molar-refractivity contribution >= 4 is 15.7 Å². The minimum atomic E-state index is -4.85. The molecular formula is C18H15F3N4O3S. The summed E-state index contributed by atoms with van der Waals surface area (Å²) in [4.78, 5) is 15.1. The molecular weight excluding hydrogens is 409 g/mol. The van der Waals surface area contributed by atoms with E-state index in [0.717, 1.165) is 6.26 Å². The maximum absolute atomic E-state index is 13.9. The highest BCUT2D eigenvalue weighted by Gasteiger charge is 2.41. The number of primary amides is 1. The molecule has 7 nitrogen and oxygen atoms in total. The molecule has 29 heavy (non-hydrogen) atoms. The second-order valence-electron chi connectivity index (χ2n) is 6.23. The maximum Gasteiger partial charge on any atom is 0.433 e. The summed E-state index contributed by atoms with van der Waals surface area (Å²) in [5, 5.41) is 3.98. The fraction of sp³-hybridized carbons (Fsp3) is 0.167. The zero-order chi connectivity index (χ0) is 21.4. The number of sulfone groups is 1. The Morgan fingerprint density at radius 2 is 1.66 bits per heavy atom. The van der Waals surface area contributed by atoms with Crippen molar-refractivity contribution in [2.24, 2.45) is 5.73 Å². The molecule has 0 saturated carbocycles. The van der Waals surface area contributed by atoms with Crippen LogP contribution in [0.15, 0.2) is 53.7 Å². The topological polar surface area (TPSA) is 108 Å². The van der Waals surface area contributed by atoms with E-state index in [1.54, 1.807) is 0 Å². The van der Waals surface area contributed by atoms with Crippen LogP contribution in [0, 0.1) is 0 Å². The van der Waals surface area contributed by atoms with Crippen molar-refractivity contribution in [3.63, 3.8) is 0 Å². The van der Waals surface area contributed by atoms with Gasteiger partial charge in [-0.15, -0.1) is 0 Å². The number of alkyl halides is 3. The highest BCUT2D eigenvalue weighted by Crippen LogP contribution is 2.42. The summed E-state index contributed by atoms with van der Waals surface area (Å²) < 4.78 is 65.6. The molecule has 0 aliphatic carbocycles. The molecule has 3 rings (SSSR count). The van der Waals surface area contributed by atoms with Gasteiger partial charge in [-0.25, -0.2) is 13.1 Å². The van der Waals surface area contributed by atoms with Crippen LogP contribution in [0.2, 0.25) is 0 Å². The van der Waals surface area contributed by atoms with Crippen molar-refractivity contribution in [3.8, 4) is 22.4 Å². The number of amides is 1. The molecule has 2 heterocycles. The molecule has 152 valence electrons. The number of nitrogens with zero attached hydrogens (tertiary/aromatic N) is 3. The first-order chi connectivity index (χ1) is 13.5. The Kier molecular flexibility index (Phi) is 5.18. The van der Waals surface area contributed by atoms with Crippen molar-refractivity contribution < 1.29 is 26.4 Å². The molecule has 1 amide bonds. The number of hydrogen-bond acceptors (Lipinski definition) is 5. The van der Waals surface area contributed by atoms with Crippen LogP contribution in [0.1, 0.15) is 5.69 Å². The normalized spacial score (nSPS) is 12.1. The van der Waals surface area contributed by atoms with Crippen molar-refractivity contribution in [2.75, 3.05) is 6.26 Å². The number of carbonyl (C=O) groups excluding carboxylic acids is 1. The van der Waals surface area contributed by atoms with Crippen molar-refractivity contribution in [1.29, 1.82) is 0 Å². The van der Waals surface area contributed by atoms with Crippen LogP contribution in [0.5, 0.6) is 0 Å². The third-order valence-electron chi connectivity index (χ3n) is 4.05. The molecule has 0 spiro atoms. The van der Waals surface area contributed by atoms with Crippen molar-refractivity contribution in [1.82, 2.24) is 14.8 Å². The van der Waals surface area contributed by atoms with E-state index in [2.05, 4.69) is 10.1 Å². The van der Waals surface area contributed by atoms with E-state index < -0.39 is 34.2 Å². The summed E-state index contributed by atoms with van der Waals surface area (Å²) in [5.74, 6) is -0.988. The zero-order valence-electron chi connectivity index (χ0n) is 15.0. The van der Waals surface area contributed by atoms with E-state index in [1.165, 1.54) is 48.8 Å². The van der Waals surface area contributed by atoms with Crippen LogP contribution in [0.3, 0.4) is 0 Å². The number of benzene rings is 1. The van der Waals surface area contributed by atoms with Gasteiger partial charge in [0.1, 0.15) is 12.2 Å². The first-order valence-electron chi connectivity index (χ1n) is 8.15. The SMILES string of the molecule is CS(=O)(=O)c1ccc(-c2c(-c3ccncc3)nn(CC(N)=O)c2C(F)(F)F)cc1. The Morgan fingerprint density at radius 1 is 1.07 bits per heavy atom. The number of nitrogens with two attached hydrogens (primary N) is 1. The Hall–Kier alpha value is -3.21. The van der Waals surface area contributed by atoms with Gasteiger partial charge in [0.25, 0.3) is 0 Å². The van der Waals surface area contributed by atoms with E-state index in [4.69, 9.17) is 5.73 Å². The number of rotatable bonds is 5. The fourth-order valence-corrected chi connectivity index (χ4v) is 3.50. The monoisotopic (exact) mass is 424 g/mol. The molecule has 0 bridgehead atoms. The summed E-state index contributed by atoms with van der Waals surface area (Å²) >= 11 is 0. The molecule has 2 N–H and O–H groups in total. The van der Waals surface area contributed by atoms with Gasteiger partial charge in [0.2, 0.25) is 5.91 Å². The summed E-state index contributed by atoms with van der Waals surface area (Å²) in [6, 6.07) is 7.92. The molecule has 1 aromatic carbocycles. The Morgan fingerprint density at radius 3 is 2.14 bits per heavy atom. The van der Waals surface area contributed by atoms with E-state index in [0.29, 0.717) is 10.2 Å². The number of hydrogen-bond donors (Lipinski definition) is 1. The Balaban J connectivity index is 2.33. The number of halogens is 3. The van der Waals surface area contributed by atoms with Crippen LogP contribution in [0.25, 0.3) is 22.4 Å². The lowest BCUT2D eigenvalue weighted by Crippen LogP contribution is -2.24. The third kappa shape index (κ3) is 4.29. The number of aromatic nitrogens is 3. The second kappa shape index (κ2) is 7.32. The Bertz CT molecular complexity index is 1160. The largest absolute Gasteiger partial charge is 0.433 e. The van der Waals surface area contributed by atoms with E-state index >= 15 is 0 Å². The molecule has 3 aromatic rings. The molecule has 2 aromatic heterocycles. The summed E-state index contributed by atoms with van der Waals surface area (Å²) in [6.45, 7) is -0.769. The molecule has 0 aliphatic heterocycles. The minimum absolute atomic E-state index is 0.0342. The van der Waals surface area contributed by atoms with Gasteiger partial charge in [-0.2, -0.15) is 18.3 Å². The Labute approximate surface area is 163 Å². The lowest BCUT2D eigenvalue weighted by atomic mass is 9.99. The van der Waals surface area contributed by atoms with Gasteiger partial charge in [-0.3, -0.25) is 9.78 Å². The molecule has 0 fully saturated rings. The first kappa shape index (κ1) is 20.5. The third-order valence-corrected chi connectivity index (χ3v) is 5.18.